The van der Waals surface area contributed by atoms with Gasteiger partial charge in [-0.15, -0.1) is 0 Å². The lowest BCUT2D eigenvalue weighted by molar-refractivity contribution is -0.143. The molecule has 1 fully saturated rings. The number of nitrogens with one attached hydrogen (secondary N) is 1. The van der Waals surface area contributed by atoms with Crippen LogP contribution in [0.2, 0.25) is 0 Å². The van der Waals surface area contributed by atoms with Gasteiger partial charge in [0.05, 0.1) is 5.54 Å². The summed E-state index contributed by atoms with van der Waals surface area (Å²) >= 11 is 0. The molecule has 0 spiro atoms. The first-order valence-electron chi connectivity index (χ1n) is 7.21. The number of unbranched alkanes of at least 4 members (excludes halogenated alkanes) is 1. The van der Waals surface area contributed by atoms with Crippen molar-refractivity contribution in [3.8, 4) is 0 Å². The molecule has 5 nitrogen and oxygen atoms in total. The number of carboxylic acid groups (broad SMARTS) is 1. The SMILES string of the molecule is CCCC[C@H](NC(=O)C1(N)CCCC(C)C1)C(=O)O. The Morgan fingerprint density at radius 2 is 2.21 bits per heavy atom. The molecule has 0 heterocycles. The number of amides is 1. The van der Waals surface area contributed by atoms with Crippen molar-refractivity contribution >= 4 is 11.9 Å². The van der Waals surface area contributed by atoms with Crippen molar-refractivity contribution in [1.82, 2.24) is 5.32 Å². The lowest BCUT2D eigenvalue weighted by atomic mass is 9.76. The molecule has 1 rings (SSSR count). The van der Waals surface area contributed by atoms with E-state index in [4.69, 9.17) is 10.8 Å². The summed E-state index contributed by atoms with van der Waals surface area (Å²) in [6, 6.07) is -0.815. The van der Waals surface area contributed by atoms with Gasteiger partial charge >= 0.3 is 5.97 Å². The third-order valence-electron chi connectivity index (χ3n) is 3.93. The van der Waals surface area contributed by atoms with Crippen LogP contribution in [0, 0.1) is 5.92 Å². The Morgan fingerprint density at radius 3 is 2.74 bits per heavy atom. The predicted octanol–water partition coefficient (Wildman–Crippen LogP) is 1.65. The number of hydrogen-bond donors (Lipinski definition) is 3. The Morgan fingerprint density at radius 1 is 1.53 bits per heavy atom. The minimum Gasteiger partial charge on any atom is -0.480 e. The highest BCUT2D eigenvalue weighted by Gasteiger charge is 2.39. The highest BCUT2D eigenvalue weighted by Crippen LogP contribution is 2.30. The quantitative estimate of drug-likeness (QED) is 0.684. The number of aliphatic carboxylic acids is 1. The van der Waals surface area contributed by atoms with Gasteiger partial charge in [0.1, 0.15) is 6.04 Å². The highest BCUT2D eigenvalue weighted by molar-refractivity contribution is 5.90. The summed E-state index contributed by atoms with van der Waals surface area (Å²) in [4.78, 5) is 23.4. The molecule has 3 atom stereocenters. The van der Waals surface area contributed by atoms with Crippen molar-refractivity contribution in [2.24, 2.45) is 11.7 Å². The molecule has 0 saturated heterocycles. The molecule has 0 aromatic heterocycles. The van der Waals surface area contributed by atoms with Gasteiger partial charge in [0, 0.05) is 0 Å². The molecule has 0 aliphatic heterocycles. The molecular formula is C14H26N2O3. The molecule has 110 valence electrons. The van der Waals surface area contributed by atoms with E-state index in [1.807, 2.05) is 6.92 Å². The predicted molar refractivity (Wildman–Crippen MR) is 73.6 cm³/mol. The lowest BCUT2D eigenvalue weighted by Crippen LogP contribution is -2.59. The molecular weight excluding hydrogens is 244 g/mol. The smallest absolute Gasteiger partial charge is 0.326 e. The Balaban J connectivity index is 2.62. The number of nitrogens with two attached hydrogens (primary N) is 1. The van der Waals surface area contributed by atoms with Crippen molar-refractivity contribution < 1.29 is 14.7 Å². The second-order valence-electron chi connectivity index (χ2n) is 5.86. The summed E-state index contributed by atoms with van der Waals surface area (Å²) in [5, 5.41) is 11.7. The Kier molecular flexibility index (Phi) is 5.79. The Hall–Kier alpha value is -1.10. The van der Waals surface area contributed by atoms with Crippen LogP contribution in [-0.4, -0.2) is 28.6 Å². The second kappa shape index (κ2) is 6.89. The first kappa shape index (κ1) is 16.0. The molecule has 0 aromatic rings. The van der Waals surface area contributed by atoms with E-state index >= 15 is 0 Å². The van der Waals surface area contributed by atoms with E-state index in [0.29, 0.717) is 25.2 Å². The van der Waals surface area contributed by atoms with Crippen molar-refractivity contribution in [3.63, 3.8) is 0 Å². The van der Waals surface area contributed by atoms with E-state index in [9.17, 15) is 9.59 Å². The zero-order chi connectivity index (χ0) is 14.5. The van der Waals surface area contributed by atoms with Gasteiger partial charge in [-0.3, -0.25) is 4.79 Å². The second-order valence-corrected chi connectivity index (χ2v) is 5.86. The fourth-order valence-electron chi connectivity index (χ4n) is 2.77. The first-order chi connectivity index (χ1) is 8.89. The summed E-state index contributed by atoms with van der Waals surface area (Å²) < 4.78 is 0. The number of carboxylic acids is 1. The van der Waals surface area contributed by atoms with Crippen LogP contribution in [0.25, 0.3) is 0 Å². The van der Waals surface area contributed by atoms with Crippen molar-refractivity contribution in [1.29, 1.82) is 0 Å². The minimum absolute atomic E-state index is 0.303. The van der Waals surface area contributed by atoms with Crippen molar-refractivity contribution in [2.45, 2.75) is 70.4 Å². The van der Waals surface area contributed by atoms with Crippen LogP contribution < -0.4 is 11.1 Å². The van der Waals surface area contributed by atoms with Crippen LogP contribution in [0.3, 0.4) is 0 Å². The maximum absolute atomic E-state index is 12.2. The van der Waals surface area contributed by atoms with Gasteiger partial charge < -0.3 is 16.2 Å². The average Bonchev–Trinajstić information content (AvgIpc) is 2.33. The van der Waals surface area contributed by atoms with Gasteiger partial charge in [0.25, 0.3) is 0 Å². The largest absolute Gasteiger partial charge is 0.480 e. The van der Waals surface area contributed by atoms with Crippen LogP contribution in [0.1, 0.15) is 58.8 Å². The van der Waals surface area contributed by atoms with Gasteiger partial charge in [-0.25, -0.2) is 4.79 Å². The molecule has 1 saturated carbocycles. The van der Waals surface area contributed by atoms with Crippen LogP contribution in [0.5, 0.6) is 0 Å². The van der Waals surface area contributed by atoms with E-state index < -0.39 is 17.6 Å². The molecule has 5 heteroatoms. The fraction of sp³-hybridized carbons (Fsp3) is 0.857. The van der Waals surface area contributed by atoms with Crippen LogP contribution >= 0.6 is 0 Å². The molecule has 0 radical (unpaired) electrons. The topological polar surface area (TPSA) is 92.4 Å². The molecule has 0 aromatic carbocycles. The summed E-state index contributed by atoms with van der Waals surface area (Å²) in [6.07, 6.45) is 5.45. The zero-order valence-corrected chi connectivity index (χ0v) is 11.9. The third-order valence-corrected chi connectivity index (χ3v) is 3.93. The van der Waals surface area contributed by atoms with Crippen molar-refractivity contribution in [2.75, 3.05) is 0 Å². The highest BCUT2D eigenvalue weighted by atomic mass is 16.4. The molecule has 2 unspecified atom stereocenters. The number of carbonyl (C=O) groups is 2. The minimum atomic E-state index is -0.978. The fourth-order valence-corrected chi connectivity index (χ4v) is 2.77. The third kappa shape index (κ3) is 4.49. The van der Waals surface area contributed by atoms with Crippen molar-refractivity contribution in [3.05, 3.63) is 0 Å². The summed E-state index contributed by atoms with van der Waals surface area (Å²) in [6.45, 7) is 4.08. The molecule has 4 N–H and O–H groups in total. The molecule has 0 bridgehead atoms. The first-order valence-corrected chi connectivity index (χ1v) is 7.21. The monoisotopic (exact) mass is 270 g/mol. The van der Waals surface area contributed by atoms with Gasteiger partial charge in [0.2, 0.25) is 5.91 Å². The standard InChI is InChI=1S/C14H26N2O3/c1-3-4-7-11(12(17)18)16-13(19)14(15)8-5-6-10(2)9-14/h10-11H,3-9,15H2,1-2H3,(H,16,19)(H,17,18)/t10?,11-,14?/m0/s1. The van der Waals surface area contributed by atoms with Gasteiger partial charge in [-0.2, -0.15) is 0 Å². The van der Waals surface area contributed by atoms with E-state index in [1.165, 1.54) is 0 Å². The number of hydrogen-bond acceptors (Lipinski definition) is 3. The normalized spacial score (nSPS) is 28.7. The molecule has 1 aliphatic rings. The van der Waals surface area contributed by atoms with Crippen LogP contribution in [0.4, 0.5) is 0 Å². The van der Waals surface area contributed by atoms with Crippen LogP contribution in [-0.2, 0) is 9.59 Å². The van der Waals surface area contributed by atoms with E-state index in [2.05, 4.69) is 12.2 Å². The summed E-state index contributed by atoms with van der Waals surface area (Å²) in [5.41, 5.74) is 5.27. The maximum atomic E-state index is 12.2. The van der Waals surface area contributed by atoms with Gasteiger partial charge in [0.15, 0.2) is 0 Å². The molecule has 1 aliphatic carbocycles. The lowest BCUT2D eigenvalue weighted by Gasteiger charge is -2.36. The maximum Gasteiger partial charge on any atom is 0.326 e. The van der Waals surface area contributed by atoms with Gasteiger partial charge in [-0.1, -0.05) is 39.5 Å². The Bertz CT molecular complexity index is 333. The Labute approximate surface area is 114 Å². The molecule has 19 heavy (non-hydrogen) atoms. The van der Waals surface area contributed by atoms with E-state index in [1.54, 1.807) is 0 Å². The number of carbonyl (C=O) groups excluding carboxylic acids is 1. The van der Waals surface area contributed by atoms with E-state index in [-0.39, 0.29) is 5.91 Å². The van der Waals surface area contributed by atoms with Gasteiger partial charge in [-0.05, 0) is 25.2 Å². The van der Waals surface area contributed by atoms with Crippen LogP contribution in [0.15, 0.2) is 0 Å². The molecule has 1 amide bonds. The zero-order valence-electron chi connectivity index (χ0n) is 11.9. The average molecular weight is 270 g/mol. The summed E-state index contributed by atoms with van der Waals surface area (Å²) in [5.74, 6) is -0.861. The number of rotatable bonds is 6. The van der Waals surface area contributed by atoms with E-state index in [0.717, 1.165) is 25.7 Å². The summed E-state index contributed by atoms with van der Waals surface area (Å²) in [7, 11) is 0.